The molecule has 0 saturated carbocycles. The summed E-state index contributed by atoms with van der Waals surface area (Å²) in [6, 6.07) is 6.68. The van der Waals surface area contributed by atoms with E-state index in [1.165, 1.54) is 7.11 Å². The van der Waals surface area contributed by atoms with Crippen LogP contribution in [0.5, 0.6) is 0 Å². The molecule has 1 aliphatic rings. The summed E-state index contributed by atoms with van der Waals surface area (Å²) in [6.07, 6.45) is -5.83. The predicted molar refractivity (Wildman–Crippen MR) is 125 cm³/mol. The fourth-order valence-corrected chi connectivity index (χ4v) is 4.31. The summed E-state index contributed by atoms with van der Waals surface area (Å²) in [7, 11) is -3.49. The lowest BCUT2D eigenvalue weighted by atomic mass is 10.1. The molecule has 15 heteroatoms. The lowest BCUT2D eigenvalue weighted by Gasteiger charge is -2.24. The van der Waals surface area contributed by atoms with Crippen molar-refractivity contribution in [1.82, 2.24) is 9.55 Å². The molecular weight excluding hydrogens is 518 g/mol. The summed E-state index contributed by atoms with van der Waals surface area (Å²) in [5.74, 6) is -3.19. The molecule has 13 nitrogen and oxygen atoms in total. The van der Waals surface area contributed by atoms with Crippen LogP contribution < -0.4 is 11.2 Å². The summed E-state index contributed by atoms with van der Waals surface area (Å²) >= 11 is 0. The summed E-state index contributed by atoms with van der Waals surface area (Å²) in [6.45, 7) is 2.34. The van der Waals surface area contributed by atoms with Crippen LogP contribution in [-0.4, -0.2) is 75.8 Å². The second-order valence-corrected chi connectivity index (χ2v) is 10.0. The number of aryl methyl sites for hydroxylation is 2. The van der Waals surface area contributed by atoms with Gasteiger partial charge < -0.3 is 29.3 Å². The molecule has 1 saturated heterocycles. The van der Waals surface area contributed by atoms with Gasteiger partial charge in [-0.15, -0.1) is 0 Å². The third kappa shape index (κ3) is 7.41. The first-order chi connectivity index (χ1) is 17.3. The summed E-state index contributed by atoms with van der Waals surface area (Å²) < 4.78 is 53.5. The van der Waals surface area contributed by atoms with Crippen LogP contribution in [0.3, 0.4) is 0 Å². The Balaban J connectivity index is 1.58. The van der Waals surface area contributed by atoms with E-state index in [-0.39, 0.29) is 13.2 Å². The number of nitrogens with one attached hydrogen (secondary N) is 1. The van der Waals surface area contributed by atoms with Crippen LogP contribution in [0.4, 0.5) is 4.39 Å². The molecule has 2 unspecified atom stereocenters. The molecule has 1 aliphatic heterocycles. The predicted octanol–water partition coefficient (Wildman–Crippen LogP) is 0.435. The van der Waals surface area contributed by atoms with Crippen molar-refractivity contribution in [2.75, 3.05) is 26.9 Å². The molecule has 3 rings (SSSR count). The fourth-order valence-electron chi connectivity index (χ4n) is 3.54. The van der Waals surface area contributed by atoms with Gasteiger partial charge in [0.1, 0.15) is 24.9 Å². The maximum atomic E-state index is 15.2. The average molecular weight is 548 g/mol. The van der Waals surface area contributed by atoms with Gasteiger partial charge in [-0.25, -0.2) is 13.8 Å². The van der Waals surface area contributed by atoms with E-state index in [1.54, 1.807) is 0 Å². The third-order valence-corrected chi connectivity index (χ3v) is 6.69. The molecule has 206 valence electrons. The monoisotopic (exact) mass is 548 g/mol. The zero-order valence-corrected chi connectivity index (χ0v) is 21.3. The molecule has 0 bridgehead atoms. The second-order valence-electron chi connectivity index (χ2n) is 8.59. The van der Waals surface area contributed by atoms with Crippen LogP contribution in [0.25, 0.3) is 0 Å². The lowest BCUT2D eigenvalue weighted by Crippen LogP contribution is -2.43. The van der Waals surface area contributed by atoms with Gasteiger partial charge in [-0.3, -0.25) is 23.4 Å². The molecule has 0 spiro atoms. The molecule has 0 amide bonds. The van der Waals surface area contributed by atoms with E-state index in [9.17, 15) is 29.3 Å². The Morgan fingerprint density at radius 1 is 1.19 bits per heavy atom. The fraction of sp³-hybridized carbons (Fsp3) is 0.545. The van der Waals surface area contributed by atoms with Gasteiger partial charge in [-0.1, -0.05) is 18.2 Å². The van der Waals surface area contributed by atoms with Gasteiger partial charge in [-0.2, -0.15) is 0 Å². The van der Waals surface area contributed by atoms with Crippen LogP contribution in [0.1, 0.15) is 22.9 Å². The van der Waals surface area contributed by atoms with Gasteiger partial charge in [0.05, 0.1) is 19.8 Å². The highest BCUT2D eigenvalue weighted by Crippen LogP contribution is 2.47. The zero-order chi connectivity index (χ0) is 27.4. The molecule has 2 heterocycles. The van der Waals surface area contributed by atoms with Crippen molar-refractivity contribution in [3.05, 3.63) is 68.0 Å². The average Bonchev–Trinajstić information content (AvgIpc) is 3.06. The van der Waals surface area contributed by atoms with Crippen molar-refractivity contribution < 1.29 is 47.3 Å². The van der Waals surface area contributed by atoms with Crippen LogP contribution in [0, 0.1) is 13.8 Å². The molecule has 1 fully saturated rings. The van der Waals surface area contributed by atoms with E-state index in [2.05, 4.69) is 4.52 Å². The van der Waals surface area contributed by atoms with Crippen molar-refractivity contribution in [2.45, 2.75) is 50.8 Å². The van der Waals surface area contributed by atoms with Gasteiger partial charge in [-0.05, 0) is 30.5 Å². The molecule has 4 N–H and O–H groups in total. The molecule has 1 aromatic heterocycles. The minimum absolute atomic E-state index is 0.0154. The van der Waals surface area contributed by atoms with E-state index in [1.807, 2.05) is 37.0 Å². The number of rotatable bonds is 12. The maximum Gasteiger partial charge on any atom is 0.472 e. The molecule has 2 aromatic rings. The number of hydrogen-bond donors (Lipinski definition) is 4. The zero-order valence-electron chi connectivity index (χ0n) is 20.4. The van der Waals surface area contributed by atoms with Crippen LogP contribution in [0.2, 0.25) is 0 Å². The highest BCUT2D eigenvalue weighted by atomic mass is 31.2. The smallest absolute Gasteiger partial charge is 0.385 e. The highest BCUT2D eigenvalue weighted by Gasteiger charge is 2.57. The lowest BCUT2D eigenvalue weighted by molar-refractivity contribution is -0.205. The first-order valence-corrected chi connectivity index (χ1v) is 12.7. The van der Waals surface area contributed by atoms with Crippen molar-refractivity contribution in [3.8, 4) is 0 Å². The number of benzene rings is 1. The Morgan fingerprint density at radius 3 is 2.57 bits per heavy atom. The van der Waals surface area contributed by atoms with Gasteiger partial charge in [0.2, 0.25) is 0 Å². The standard InChI is InChI=1S/C22H30FN2O11P/c1-13-4-5-15(8-14(13)2)9-33-16(10-32-3)11-34-37(30,31)35-12-22(23)19(28)18(27)20(36-22)25-7-6-17(26)24-21(25)29/h4-8,16,18-20,27-28H,9-12H2,1-3H3,(H,30,31)(H,24,26,29)/t16?,18-,19+,20-,22-/m1/s1. The number of aromatic amines is 1. The Hall–Kier alpha value is -2.26. The van der Waals surface area contributed by atoms with Gasteiger partial charge in [0, 0.05) is 19.4 Å². The highest BCUT2D eigenvalue weighted by molar-refractivity contribution is 7.47. The van der Waals surface area contributed by atoms with Crippen molar-refractivity contribution >= 4 is 7.82 Å². The first-order valence-electron chi connectivity index (χ1n) is 11.2. The topological polar surface area (TPSA) is 179 Å². The molecule has 6 atom stereocenters. The molecular formula is C22H30FN2O11P. The number of phosphoric acid groups is 1. The number of methoxy groups -OCH3 is 1. The maximum absolute atomic E-state index is 15.2. The van der Waals surface area contributed by atoms with E-state index in [0.29, 0.717) is 4.57 Å². The van der Waals surface area contributed by atoms with Gasteiger partial charge in [0.25, 0.3) is 11.4 Å². The van der Waals surface area contributed by atoms with Crippen molar-refractivity contribution in [3.63, 3.8) is 0 Å². The van der Waals surface area contributed by atoms with Crippen LogP contribution in [-0.2, 0) is 34.4 Å². The Bertz CT molecular complexity index is 1240. The first kappa shape index (κ1) is 29.3. The number of ether oxygens (including phenoxy) is 3. The minimum Gasteiger partial charge on any atom is -0.385 e. The quantitative estimate of drug-likeness (QED) is 0.270. The minimum atomic E-state index is -4.89. The van der Waals surface area contributed by atoms with Gasteiger partial charge in [0.15, 0.2) is 6.23 Å². The summed E-state index contributed by atoms with van der Waals surface area (Å²) in [4.78, 5) is 35.1. The van der Waals surface area contributed by atoms with Crippen molar-refractivity contribution in [2.24, 2.45) is 0 Å². The number of alkyl halides is 1. The normalized spacial score (nSPS) is 26.2. The third-order valence-electron chi connectivity index (χ3n) is 5.76. The largest absolute Gasteiger partial charge is 0.472 e. The number of halogens is 1. The number of hydrogen-bond acceptors (Lipinski definition) is 10. The second kappa shape index (κ2) is 12.1. The van der Waals surface area contributed by atoms with E-state index in [0.717, 1.165) is 29.0 Å². The Kier molecular flexibility index (Phi) is 9.56. The summed E-state index contributed by atoms with van der Waals surface area (Å²) in [5.41, 5.74) is 1.28. The van der Waals surface area contributed by atoms with Crippen LogP contribution >= 0.6 is 7.82 Å². The summed E-state index contributed by atoms with van der Waals surface area (Å²) in [5, 5.41) is 20.3. The van der Waals surface area contributed by atoms with Gasteiger partial charge >= 0.3 is 13.5 Å². The van der Waals surface area contributed by atoms with E-state index >= 15 is 4.39 Å². The Morgan fingerprint density at radius 2 is 1.92 bits per heavy atom. The van der Waals surface area contributed by atoms with Crippen molar-refractivity contribution in [1.29, 1.82) is 0 Å². The number of H-pyrrole nitrogens is 1. The number of aliphatic hydroxyl groups excluding tert-OH is 2. The molecule has 37 heavy (non-hydrogen) atoms. The Labute approximate surface area is 210 Å². The number of aromatic nitrogens is 2. The SMILES string of the molecule is COCC(COP(=O)(O)OC[C@@]1(F)O[C@@H](n2ccc(=O)[nH]c2=O)[C@H](O)[C@@H]1O)OCc1ccc(C)c(C)c1. The number of nitrogens with zero attached hydrogens (tertiary/aromatic N) is 1. The molecule has 1 aromatic carbocycles. The molecule has 0 radical (unpaired) electrons. The van der Waals surface area contributed by atoms with Crippen LogP contribution in [0.15, 0.2) is 40.1 Å². The number of aliphatic hydroxyl groups is 2. The van der Waals surface area contributed by atoms with E-state index in [4.69, 9.17) is 18.7 Å². The number of phosphoric ester groups is 1. The molecule has 0 aliphatic carbocycles. The van der Waals surface area contributed by atoms with E-state index < -0.39 is 62.7 Å².